The van der Waals surface area contributed by atoms with Crippen molar-refractivity contribution in [2.45, 2.75) is 40.0 Å². The molecule has 0 saturated heterocycles. The van der Waals surface area contributed by atoms with Crippen LogP contribution in [0.25, 0.3) is 0 Å². The van der Waals surface area contributed by atoms with Crippen molar-refractivity contribution in [1.29, 1.82) is 0 Å². The fraction of sp³-hybridized carbons (Fsp3) is 0.300. The van der Waals surface area contributed by atoms with Crippen molar-refractivity contribution in [3.63, 3.8) is 0 Å². The number of ether oxygens (including phenoxy) is 1. The molecule has 1 amide bonds. The number of hydrogen-bond acceptors (Lipinski definition) is 5. The molecule has 0 radical (unpaired) electrons. The van der Waals surface area contributed by atoms with Crippen LogP contribution in [0.4, 0.5) is 0 Å². The van der Waals surface area contributed by atoms with Crippen LogP contribution in [0.1, 0.15) is 35.5 Å². The Morgan fingerprint density at radius 3 is 2.74 bits per heavy atom. The number of carbonyl (C=O) groups is 1. The number of tetrazole rings is 1. The molecule has 0 bridgehead atoms. The number of aryl methyl sites for hydroxylation is 2. The van der Waals surface area contributed by atoms with Gasteiger partial charge in [-0.25, -0.2) is 0 Å². The second-order valence-electron chi connectivity index (χ2n) is 6.49. The lowest BCUT2D eigenvalue weighted by molar-refractivity contribution is -0.122. The molecule has 0 aliphatic carbocycles. The monoisotopic (exact) mass is 365 g/mol. The van der Waals surface area contributed by atoms with E-state index in [0.29, 0.717) is 5.82 Å². The second kappa shape index (κ2) is 8.44. The highest BCUT2D eigenvalue weighted by molar-refractivity contribution is 5.76. The Balaban J connectivity index is 1.53. The normalized spacial score (nSPS) is 11.8. The minimum Gasteiger partial charge on any atom is -0.485 e. The third kappa shape index (κ3) is 5.13. The molecule has 7 nitrogen and oxygen atoms in total. The number of nitrogens with one attached hydrogen (secondary N) is 1. The minimum absolute atomic E-state index is 0.00748. The van der Waals surface area contributed by atoms with Crippen molar-refractivity contribution >= 4 is 5.91 Å². The van der Waals surface area contributed by atoms with E-state index in [4.69, 9.17) is 4.74 Å². The summed E-state index contributed by atoms with van der Waals surface area (Å²) in [6.07, 6.45) is 0. The third-order valence-corrected chi connectivity index (χ3v) is 4.17. The van der Waals surface area contributed by atoms with Gasteiger partial charge in [0, 0.05) is 0 Å². The second-order valence-corrected chi connectivity index (χ2v) is 6.49. The van der Waals surface area contributed by atoms with Crippen molar-refractivity contribution < 1.29 is 9.53 Å². The lowest BCUT2D eigenvalue weighted by Crippen LogP contribution is -2.31. The molecule has 0 spiro atoms. The number of nitrogens with zero attached hydrogens (tertiary/aromatic N) is 4. The first kappa shape index (κ1) is 18.6. The van der Waals surface area contributed by atoms with E-state index in [1.807, 2.05) is 51.1 Å². The molecule has 1 heterocycles. The summed E-state index contributed by atoms with van der Waals surface area (Å²) in [5.41, 5.74) is 3.41. The maximum Gasteiger partial charge on any atom is 0.244 e. The number of carbonyl (C=O) groups excluding carboxylic acids is 1. The van der Waals surface area contributed by atoms with Crippen molar-refractivity contribution in [2.24, 2.45) is 0 Å². The molecular formula is C20H23N5O2. The first-order valence-electron chi connectivity index (χ1n) is 8.82. The summed E-state index contributed by atoms with van der Waals surface area (Å²) >= 11 is 0. The van der Waals surface area contributed by atoms with E-state index in [1.54, 1.807) is 0 Å². The summed E-state index contributed by atoms with van der Waals surface area (Å²) in [6, 6.07) is 15.5. The fourth-order valence-electron chi connectivity index (χ4n) is 2.79. The van der Waals surface area contributed by atoms with Crippen LogP contribution >= 0.6 is 0 Å². The molecule has 3 rings (SSSR count). The van der Waals surface area contributed by atoms with Crippen LogP contribution in [-0.2, 0) is 17.9 Å². The maximum absolute atomic E-state index is 12.3. The summed E-state index contributed by atoms with van der Waals surface area (Å²) < 4.78 is 5.58. The highest BCUT2D eigenvalue weighted by atomic mass is 16.5. The predicted octanol–water partition coefficient (Wildman–Crippen LogP) is 2.75. The molecule has 1 N–H and O–H groups in total. The van der Waals surface area contributed by atoms with Crippen LogP contribution < -0.4 is 10.1 Å². The standard InChI is InChI=1S/C20H23N5O2/c1-14-9-10-15(2)18(11-14)16(3)21-20(26)12-25-23-19(22-24-25)13-27-17-7-5-4-6-8-17/h4-11,16H,12-13H2,1-3H3,(H,21,26)/t16-/m0/s1. The molecular weight excluding hydrogens is 342 g/mol. The highest BCUT2D eigenvalue weighted by Gasteiger charge is 2.14. The number of aromatic nitrogens is 4. The van der Waals surface area contributed by atoms with Crippen LogP contribution in [0, 0.1) is 13.8 Å². The third-order valence-electron chi connectivity index (χ3n) is 4.17. The molecule has 1 aromatic heterocycles. The molecule has 140 valence electrons. The summed E-state index contributed by atoms with van der Waals surface area (Å²) in [4.78, 5) is 13.6. The number of hydrogen-bond donors (Lipinski definition) is 1. The van der Waals surface area contributed by atoms with E-state index in [9.17, 15) is 4.79 Å². The van der Waals surface area contributed by atoms with Gasteiger partial charge in [0.1, 0.15) is 12.3 Å². The molecule has 0 saturated carbocycles. The Bertz CT molecular complexity index is 908. The summed E-state index contributed by atoms with van der Waals surface area (Å²) in [6.45, 7) is 6.25. The largest absolute Gasteiger partial charge is 0.485 e. The van der Waals surface area contributed by atoms with Crippen molar-refractivity contribution in [1.82, 2.24) is 25.5 Å². The first-order valence-corrected chi connectivity index (χ1v) is 8.82. The average molecular weight is 365 g/mol. The SMILES string of the molecule is Cc1ccc(C)c([C@H](C)NC(=O)Cn2nnc(COc3ccccc3)n2)c1. The van der Waals surface area contributed by atoms with E-state index in [-0.39, 0.29) is 25.1 Å². The molecule has 0 fully saturated rings. The summed E-state index contributed by atoms with van der Waals surface area (Å²) in [7, 11) is 0. The number of rotatable bonds is 7. The van der Waals surface area contributed by atoms with Crippen molar-refractivity contribution in [2.75, 3.05) is 0 Å². The average Bonchev–Trinajstić information content (AvgIpc) is 3.10. The van der Waals surface area contributed by atoms with E-state index in [2.05, 4.69) is 38.9 Å². The Morgan fingerprint density at radius 2 is 1.96 bits per heavy atom. The van der Waals surface area contributed by atoms with Crippen LogP contribution in [0.5, 0.6) is 5.75 Å². The molecule has 0 unspecified atom stereocenters. The van der Waals surface area contributed by atoms with Gasteiger partial charge < -0.3 is 10.1 Å². The van der Waals surface area contributed by atoms with Gasteiger partial charge in [0.15, 0.2) is 6.61 Å². The zero-order valence-corrected chi connectivity index (χ0v) is 15.7. The topological polar surface area (TPSA) is 81.9 Å². The van der Waals surface area contributed by atoms with E-state index in [1.165, 1.54) is 4.80 Å². The molecule has 1 atom stereocenters. The highest BCUT2D eigenvalue weighted by Crippen LogP contribution is 2.18. The van der Waals surface area contributed by atoms with Gasteiger partial charge in [-0.05, 0) is 49.2 Å². The van der Waals surface area contributed by atoms with Crippen molar-refractivity contribution in [3.05, 3.63) is 71.0 Å². The Morgan fingerprint density at radius 1 is 1.19 bits per heavy atom. The van der Waals surface area contributed by atoms with Crippen LogP contribution in [0.2, 0.25) is 0 Å². The molecule has 2 aromatic carbocycles. The first-order chi connectivity index (χ1) is 13.0. The summed E-state index contributed by atoms with van der Waals surface area (Å²) in [5.74, 6) is 0.986. The van der Waals surface area contributed by atoms with E-state index in [0.717, 1.165) is 22.4 Å². The minimum atomic E-state index is -0.170. The smallest absolute Gasteiger partial charge is 0.244 e. The van der Waals surface area contributed by atoms with Gasteiger partial charge in [-0.2, -0.15) is 4.80 Å². The van der Waals surface area contributed by atoms with Gasteiger partial charge in [-0.1, -0.05) is 42.0 Å². The van der Waals surface area contributed by atoms with E-state index < -0.39 is 0 Å². The molecule has 0 aliphatic heterocycles. The van der Waals surface area contributed by atoms with Crippen LogP contribution in [0.15, 0.2) is 48.5 Å². The molecule has 27 heavy (non-hydrogen) atoms. The predicted molar refractivity (Wildman–Crippen MR) is 101 cm³/mol. The molecule has 0 aliphatic rings. The Labute approximate surface area is 158 Å². The zero-order valence-electron chi connectivity index (χ0n) is 15.7. The zero-order chi connectivity index (χ0) is 19.2. The van der Waals surface area contributed by atoms with Gasteiger partial charge in [-0.3, -0.25) is 4.79 Å². The lowest BCUT2D eigenvalue weighted by Gasteiger charge is -2.17. The number of benzene rings is 2. The number of amides is 1. The van der Waals surface area contributed by atoms with Gasteiger partial charge in [-0.15, -0.1) is 10.2 Å². The molecule has 7 heteroatoms. The molecule has 3 aromatic rings. The quantitative estimate of drug-likeness (QED) is 0.696. The maximum atomic E-state index is 12.3. The van der Waals surface area contributed by atoms with Gasteiger partial charge in [0.05, 0.1) is 6.04 Å². The van der Waals surface area contributed by atoms with E-state index >= 15 is 0 Å². The van der Waals surface area contributed by atoms with Gasteiger partial charge in [0.2, 0.25) is 11.7 Å². The Kier molecular flexibility index (Phi) is 5.80. The fourth-order valence-corrected chi connectivity index (χ4v) is 2.79. The van der Waals surface area contributed by atoms with Crippen LogP contribution in [-0.4, -0.2) is 26.1 Å². The summed E-state index contributed by atoms with van der Waals surface area (Å²) in [5, 5.41) is 15.0. The van der Waals surface area contributed by atoms with Gasteiger partial charge in [0.25, 0.3) is 0 Å². The van der Waals surface area contributed by atoms with Crippen molar-refractivity contribution in [3.8, 4) is 5.75 Å². The van der Waals surface area contributed by atoms with Gasteiger partial charge >= 0.3 is 0 Å². The lowest BCUT2D eigenvalue weighted by atomic mass is 10.00. The number of para-hydroxylation sites is 1. The Hall–Kier alpha value is -3.22. The van der Waals surface area contributed by atoms with Crippen LogP contribution in [0.3, 0.4) is 0 Å².